The summed E-state index contributed by atoms with van der Waals surface area (Å²) in [5, 5.41) is 0. The van der Waals surface area contributed by atoms with Gasteiger partial charge in [0.25, 0.3) is 0 Å². The van der Waals surface area contributed by atoms with E-state index in [9.17, 15) is 4.21 Å². The highest BCUT2D eigenvalue weighted by molar-refractivity contribution is 7.84. The van der Waals surface area contributed by atoms with Gasteiger partial charge in [-0.05, 0) is 45.4 Å². The standard InChI is InChI=1S/C13H21NO2S/c1-10(14-17(15)13(2,3)4)11-6-8-12(16-5)9-7-11/h6-10,14H,1-5H3/t10-,17-/m0/s1. The summed E-state index contributed by atoms with van der Waals surface area (Å²) < 4.78 is 19.9. The van der Waals surface area contributed by atoms with Gasteiger partial charge in [0.1, 0.15) is 5.75 Å². The van der Waals surface area contributed by atoms with Crippen molar-refractivity contribution in [3.8, 4) is 5.75 Å². The van der Waals surface area contributed by atoms with Crippen LogP contribution in [0.25, 0.3) is 0 Å². The van der Waals surface area contributed by atoms with Gasteiger partial charge in [0.05, 0.1) is 22.8 Å². The molecule has 0 unspecified atom stereocenters. The van der Waals surface area contributed by atoms with E-state index in [1.807, 2.05) is 52.0 Å². The molecule has 2 atom stereocenters. The molecule has 1 aromatic rings. The lowest BCUT2D eigenvalue weighted by molar-refractivity contribution is 0.414. The molecular weight excluding hydrogens is 234 g/mol. The van der Waals surface area contributed by atoms with Crippen LogP contribution in [0.4, 0.5) is 0 Å². The first-order valence-corrected chi connectivity index (χ1v) is 6.81. The molecular formula is C13H21NO2S. The Balaban J connectivity index is 2.70. The molecule has 0 fully saturated rings. The summed E-state index contributed by atoms with van der Waals surface area (Å²) >= 11 is 0. The van der Waals surface area contributed by atoms with Crippen molar-refractivity contribution in [2.75, 3.05) is 7.11 Å². The Morgan fingerprint density at radius 1 is 1.24 bits per heavy atom. The Hall–Kier alpha value is -0.870. The number of benzene rings is 1. The fraction of sp³-hybridized carbons (Fsp3) is 0.538. The predicted molar refractivity (Wildman–Crippen MR) is 72.4 cm³/mol. The predicted octanol–water partition coefficient (Wildman–Crippen LogP) is 2.81. The molecule has 96 valence electrons. The third-order valence-corrected chi connectivity index (χ3v) is 4.14. The lowest BCUT2D eigenvalue weighted by atomic mass is 10.1. The fourth-order valence-electron chi connectivity index (χ4n) is 1.30. The van der Waals surface area contributed by atoms with Crippen LogP contribution in [0.5, 0.6) is 5.75 Å². The number of hydrogen-bond donors (Lipinski definition) is 1. The Morgan fingerprint density at radius 2 is 1.76 bits per heavy atom. The van der Waals surface area contributed by atoms with Gasteiger partial charge >= 0.3 is 0 Å². The summed E-state index contributed by atoms with van der Waals surface area (Å²) in [5.41, 5.74) is 1.10. The zero-order valence-corrected chi connectivity index (χ0v) is 11.9. The summed E-state index contributed by atoms with van der Waals surface area (Å²) in [7, 11) is 0.588. The zero-order chi connectivity index (χ0) is 13.1. The highest BCUT2D eigenvalue weighted by Gasteiger charge is 2.21. The van der Waals surface area contributed by atoms with E-state index in [1.165, 1.54) is 0 Å². The third kappa shape index (κ3) is 4.13. The van der Waals surface area contributed by atoms with Crippen LogP contribution in [0.3, 0.4) is 0 Å². The maximum Gasteiger partial charge on any atom is 0.118 e. The first kappa shape index (κ1) is 14.2. The molecule has 0 aromatic heterocycles. The van der Waals surface area contributed by atoms with Crippen LogP contribution in [0.15, 0.2) is 24.3 Å². The topological polar surface area (TPSA) is 38.3 Å². The van der Waals surface area contributed by atoms with E-state index in [-0.39, 0.29) is 10.8 Å². The monoisotopic (exact) mass is 255 g/mol. The first-order chi connectivity index (χ1) is 7.84. The van der Waals surface area contributed by atoms with E-state index < -0.39 is 11.0 Å². The fourth-order valence-corrected chi connectivity index (χ4v) is 2.11. The van der Waals surface area contributed by atoms with Gasteiger partial charge in [0.15, 0.2) is 0 Å². The quantitative estimate of drug-likeness (QED) is 0.898. The van der Waals surface area contributed by atoms with Crippen molar-refractivity contribution in [2.45, 2.75) is 38.5 Å². The van der Waals surface area contributed by atoms with Gasteiger partial charge < -0.3 is 4.74 Å². The van der Waals surface area contributed by atoms with Gasteiger partial charge in [-0.2, -0.15) is 0 Å². The lowest BCUT2D eigenvalue weighted by Crippen LogP contribution is -2.34. The molecule has 17 heavy (non-hydrogen) atoms. The van der Waals surface area contributed by atoms with Crippen LogP contribution in [-0.4, -0.2) is 16.1 Å². The Labute approximate surface area is 106 Å². The highest BCUT2D eigenvalue weighted by Crippen LogP contribution is 2.19. The van der Waals surface area contributed by atoms with Crippen LogP contribution < -0.4 is 9.46 Å². The van der Waals surface area contributed by atoms with Gasteiger partial charge in [0.2, 0.25) is 0 Å². The van der Waals surface area contributed by atoms with E-state index in [0.717, 1.165) is 11.3 Å². The van der Waals surface area contributed by atoms with Crippen molar-refractivity contribution >= 4 is 11.0 Å². The van der Waals surface area contributed by atoms with Crippen LogP contribution in [0, 0.1) is 0 Å². The minimum Gasteiger partial charge on any atom is -0.497 e. The Kier molecular flexibility index (Phi) is 4.71. The minimum absolute atomic E-state index is 0.0564. The number of ether oxygens (including phenoxy) is 1. The third-order valence-electron chi connectivity index (χ3n) is 2.46. The van der Waals surface area contributed by atoms with E-state index in [2.05, 4.69) is 4.72 Å². The summed E-state index contributed by atoms with van der Waals surface area (Å²) in [4.78, 5) is 0. The Bertz CT molecular complexity index is 381. The van der Waals surface area contributed by atoms with Crippen LogP contribution >= 0.6 is 0 Å². The van der Waals surface area contributed by atoms with Crippen molar-refractivity contribution in [3.05, 3.63) is 29.8 Å². The Morgan fingerprint density at radius 3 is 2.18 bits per heavy atom. The van der Waals surface area contributed by atoms with Crippen molar-refractivity contribution < 1.29 is 8.95 Å². The van der Waals surface area contributed by atoms with Crippen molar-refractivity contribution in [1.82, 2.24) is 4.72 Å². The van der Waals surface area contributed by atoms with Gasteiger partial charge in [0, 0.05) is 6.04 Å². The molecule has 3 nitrogen and oxygen atoms in total. The SMILES string of the molecule is COc1ccc([C@H](C)N[S@@](=O)C(C)(C)C)cc1. The largest absolute Gasteiger partial charge is 0.497 e. The lowest BCUT2D eigenvalue weighted by Gasteiger charge is -2.22. The summed E-state index contributed by atoms with van der Waals surface area (Å²) in [6, 6.07) is 7.84. The van der Waals surface area contributed by atoms with Crippen molar-refractivity contribution in [2.24, 2.45) is 0 Å². The second kappa shape index (κ2) is 5.65. The normalized spacial score (nSPS) is 15.4. The molecule has 0 aliphatic rings. The van der Waals surface area contributed by atoms with Crippen LogP contribution in [-0.2, 0) is 11.0 Å². The second-order valence-electron chi connectivity index (χ2n) is 4.99. The molecule has 0 saturated carbocycles. The minimum atomic E-state index is -1.06. The number of hydrogen-bond acceptors (Lipinski definition) is 2. The zero-order valence-electron chi connectivity index (χ0n) is 11.1. The first-order valence-electron chi connectivity index (χ1n) is 5.66. The van der Waals surface area contributed by atoms with Gasteiger partial charge in [-0.1, -0.05) is 12.1 Å². The molecule has 1 rings (SSSR count). The molecule has 1 aromatic carbocycles. The number of nitrogens with one attached hydrogen (secondary N) is 1. The summed E-state index contributed by atoms with van der Waals surface area (Å²) in [6.07, 6.45) is 0. The van der Waals surface area contributed by atoms with Crippen LogP contribution in [0.2, 0.25) is 0 Å². The van der Waals surface area contributed by atoms with E-state index in [1.54, 1.807) is 7.11 Å². The molecule has 4 heteroatoms. The summed E-state index contributed by atoms with van der Waals surface area (Å²) in [5.74, 6) is 0.831. The molecule has 0 bridgehead atoms. The highest BCUT2D eigenvalue weighted by atomic mass is 32.2. The summed E-state index contributed by atoms with van der Waals surface area (Å²) in [6.45, 7) is 7.87. The maximum atomic E-state index is 11.9. The number of rotatable bonds is 4. The van der Waals surface area contributed by atoms with E-state index >= 15 is 0 Å². The molecule has 0 aliphatic carbocycles. The second-order valence-corrected chi connectivity index (χ2v) is 6.99. The van der Waals surface area contributed by atoms with Gasteiger partial charge in [-0.3, -0.25) is 0 Å². The van der Waals surface area contributed by atoms with Gasteiger partial charge in [-0.15, -0.1) is 0 Å². The number of methoxy groups -OCH3 is 1. The van der Waals surface area contributed by atoms with Gasteiger partial charge in [-0.25, -0.2) is 8.93 Å². The molecule has 0 radical (unpaired) electrons. The smallest absolute Gasteiger partial charge is 0.118 e. The molecule has 0 heterocycles. The molecule has 0 aliphatic heterocycles. The average Bonchev–Trinajstić information content (AvgIpc) is 2.27. The van der Waals surface area contributed by atoms with E-state index in [4.69, 9.17) is 4.74 Å². The molecule has 0 spiro atoms. The van der Waals surface area contributed by atoms with E-state index in [0.29, 0.717) is 0 Å². The van der Waals surface area contributed by atoms with Crippen molar-refractivity contribution in [3.63, 3.8) is 0 Å². The molecule has 1 N–H and O–H groups in total. The average molecular weight is 255 g/mol. The molecule has 0 saturated heterocycles. The van der Waals surface area contributed by atoms with Crippen LogP contribution in [0.1, 0.15) is 39.3 Å². The maximum absolute atomic E-state index is 11.9. The van der Waals surface area contributed by atoms with Crippen molar-refractivity contribution in [1.29, 1.82) is 0 Å². The molecule has 0 amide bonds.